The number of hydrogen-bond acceptors (Lipinski definition) is 3. The third-order valence-electron chi connectivity index (χ3n) is 3.67. The van der Waals surface area contributed by atoms with Crippen molar-refractivity contribution >= 4 is 38.3 Å². The highest BCUT2D eigenvalue weighted by Crippen LogP contribution is 2.21. The number of benzene rings is 1. The second kappa shape index (κ2) is 6.71. The van der Waals surface area contributed by atoms with Gasteiger partial charge in [-0.05, 0) is 12.1 Å². The maximum absolute atomic E-state index is 11.9. The number of nitrogens with zero attached hydrogens (tertiary/aromatic N) is 1. The standard InChI is InChI=1S/C16H24BNO3Si/c1-20-16(19)14-10-18(11-21-7-8-22(2,3)4)15-9-12(17)5-6-13(14)15/h5-6,9-10H,7-8,11,17H2,1-4H3. The van der Waals surface area contributed by atoms with Gasteiger partial charge in [0.15, 0.2) is 0 Å². The molecule has 0 aliphatic rings. The Bertz CT molecular complexity index is 676. The third-order valence-corrected chi connectivity index (χ3v) is 5.37. The Morgan fingerprint density at radius 1 is 1.32 bits per heavy atom. The lowest BCUT2D eigenvalue weighted by Gasteiger charge is -2.15. The van der Waals surface area contributed by atoms with Gasteiger partial charge in [-0.25, -0.2) is 4.79 Å². The first-order chi connectivity index (χ1) is 10.3. The molecule has 0 radical (unpaired) electrons. The Morgan fingerprint density at radius 2 is 2.05 bits per heavy atom. The maximum Gasteiger partial charge on any atom is 0.340 e. The topological polar surface area (TPSA) is 40.5 Å². The van der Waals surface area contributed by atoms with Gasteiger partial charge in [-0.1, -0.05) is 37.2 Å². The molecule has 2 aromatic rings. The molecule has 0 saturated heterocycles. The van der Waals surface area contributed by atoms with Crippen LogP contribution in [0, 0.1) is 0 Å². The van der Waals surface area contributed by atoms with Crippen LogP contribution >= 0.6 is 0 Å². The molecule has 4 nitrogen and oxygen atoms in total. The van der Waals surface area contributed by atoms with Crippen LogP contribution in [-0.4, -0.2) is 40.2 Å². The fraction of sp³-hybridized carbons (Fsp3) is 0.438. The minimum absolute atomic E-state index is 0.310. The molecular weight excluding hydrogens is 293 g/mol. The summed E-state index contributed by atoms with van der Waals surface area (Å²) in [4.78, 5) is 11.9. The van der Waals surface area contributed by atoms with Gasteiger partial charge in [0.25, 0.3) is 0 Å². The van der Waals surface area contributed by atoms with Gasteiger partial charge in [0, 0.05) is 26.3 Å². The summed E-state index contributed by atoms with van der Waals surface area (Å²) in [6.45, 7) is 8.22. The SMILES string of the molecule is Bc1ccc2c(C(=O)OC)cn(COCC[Si](C)(C)C)c2c1. The number of aromatic nitrogens is 1. The Hall–Kier alpha value is -1.53. The monoisotopic (exact) mass is 317 g/mol. The summed E-state index contributed by atoms with van der Waals surface area (Å²) < 4.78 is 12.7. The van der Waals surface area contributed by atoms with Crippen molar-refractivity contribution in [2.24, 2.45) is 0 Å². The van der Waals surface area contributed by atoms with Gasteiger partial charge in [-0.3, -0.25) is 0 Å². The smallest absolute Gasteiger partial charge is 0.340 e. The minimum Gasteiger partial charge on any atom is -0.465 e. The second-order valence-electron chi connectivity index (χ2n) is 6.87. The van der Waals surface area contributed by atoms with Gasteiger partial charge in [-0.15, -0.1) is 0 Å². The molecule has 6 heteroatoms. The van der Waals surface area contributed by atoms with E-state index in [4.69, 9.17) is 9.47 Å². The summed E-state index contributed by atoms with van der Waals surface area (Å²) in [5.74, 6) is -0.310. The average Bonchev–Trinajstić information content (AvgIpc) is 2.80. The molecule has 0 saturated carbocycles. The van der Waals surface area contributed by atoms with Gasteiger partial charge in [0.1, 0.15) is 14.6 Å². The second-order valence-corrected chi connectivity index (χ2v) is 12.5. The number of methoxy groups -OCH3 is 1. The van der Waals surface area contributed by atoms with E-state index in [1.165, 1.54) is 7.11 Å². The van der Waals surface area contributed by atoms with Crippen LogP contribution in [0.3, 0.4) is 0 Å². The number of hydrogen-bond donors (Lipinski definition) is 0. The molecule has 0 unspecified atom stereocenters. The van der Waals surface area contributed by atoms with Gasteiger partial charge in [0.2, 0.25) is 0 Å². The number of ether oxygens (including phenoxy) is 2. The first kappa shape index (κ1) is 16.8. The highest BCUT2D eigenvalue weighted by Gasteiger charge is 2.16. The lowest BCUT2D eigenvalue weighted by Crippen LogP contribution is -2.22. The molecule has 2 rings (SSSR count). The van der Waals surface area contributed by atoms with Crippen LogP contribution in [0.4, 0.5) is 0 Å². The predicted molar refractivity (Wildman–Crippen MR) is 95.6 cm³/mol. The Balaban J connectivity index is 2.21. The van der Waals surface area contributed by atoms with E-state index in [2.05, 4.69) is 25.7 Å². The van der Waals surface area contributed by atoms with Crippen molar-refractivity contribution in [3.8, 4) is 0 Å². The molecular formula is C16H24BNO3Si. The van der Waals surface area contributed by atoms with E-state index in [9.17, 15) is 4.79 Å². The lowest BCUT2D eigenvalue weighted by molar-refractivity contribution is 0.0601. The lowest BCUT2D eigenvalue weighted by atomic mass is 9.95. The number of esters is 1. The van der Waals surface area contributed by atoms with Crippen molar-refractivity contribution in [3.63, 3.8) is 0 Å². The van der Waals surface area contributed by atoms with Crippen molar-refractivity contribution < 1.29 is 14.3 Å². The highest BCUT2D eigenvalue weighted by molar-refractivity contribution is 6.76. The Kier molecular flexibility index (Phi) is 5.13. The minimum atomic E-state index is -1.08. The van der Waals surface area contributed by atoms with E-state index in [1.807, 2.05) is 30.7 Å². The number of carbonyl (C=O) groups excluding carboxylic acids is 1. The molecule has 118 valence electrons. The summed E-state index contributed by atoms with van der Waals surface area (Å²) in [6.07, 6.45) is 1.82. The molecule has 0 aliphatic heterocycles. The fourth-order valence-corrected chi connectivity index (χ4v) is 3.08. The highest BCUT2D eigenvalue weighted by atomic mass is 28.3. The normalized spacial score (nSPS) is 11.8. The van der Waals surface area contributed by atoms with E-state index < -0.39 is 8.07 Å². The average molecular weight is 317 g/mol. The molecule has 1 heterocycles. The van der Waals surface area contributed by atoms with Crippen molar-refractivity contribution in [1.29, 1.82) is 0 Å². The molecule has 1 aromatic heterocycles. The molecule has 0 fully saturated rings. The van der Waals surface area contributed by atoms with E-state index in [1.54, 1.807) is 0 Å². The van der Waals surface area contributed by atoms with E-state index in [0.29, 0.717) is 12.3 Å². The Labute approximate surface area is 133 Å². The summed E-state index contributed by atoms with van der Waals surface area (Å²) in [6, 6.07) is 7.18. The van der Waals surface area contributed by atoms with E-state index in [0.717, 1.165) is 29.0 Å². The van der Waals surface area contributed by atoms with Crippen molar-refractivity contribution in [3.05, 3.63) is 30.0 Å². The summed E-state index contributed by atoms with van der Waals surface area (Å²) in [5.41, 5.74) is 2.75. The quantitative estimate of drug-likeness (QED) is 0.465. The zero-order valence-electron chi connectivity index (χ0n) is 14.1. The van der Waals surface area contributed by atoms with Gasteiger partial charge in [0.05, 0.1) is 18.2 Å². The number of rotatable bonds is 6. The first-order valence-electron chi connectivity index (χ1n) is 7.57. The third kappa shape index (κ3) is 4.02. The fourth-order valence-electron chi connectivity index (χ4n) is 2.32. The molecule has 22 heavy (non-hydrogen) atoms. The van der Waals surface area contributed by atoms with Crippen LogP contribution < -0.4 is 5.46 Å². The van der Waals surface area contributed by atoms with Crippen LogP contribution in [0.1, 0.15) is 10.4 Å². The van der Waals surface area contributed by atoms with Crippen LogP contribution in [0.2, 0.25) is 25.7 Å². The molecule has 0 N–H and O–H groups in total. The van der Waals surface area contributed by atoms with Crippen LogP contribution in [-0.2, 0) is 16.2 Å². The van der Waals surface area contributed by atoms with Crippen LogP contribution in [0.5, 0.6) is 0 Å². The van der Waals surface area contributed by atoms with E-state index >= 15 is 0 Å². The first-order valence-corrected chi connectivity index (χ1v) is 11.3. The molecule has 0 spiro atoms. The predicted octanol–water partition coefficient (Wildman–Crippen LogP) is 2.00. The summed E-state index contributed by atoms with van der Waals surface area (Å²) in [7, 11) is 2.36. The largest absolute Gasteiger partial charge is 0.465 e. The maximum atomic E-state index is 11.9. The zero-order chi connectivity index (χ0) is 16.3. The summed E-state index contributed by atoms with van der Waals surface area (Å²) >= 11 is 0. The molecule has 0 aliphatic carbocycles. The molecule has 1 aromatic carbocycles. The van der Waals surface area contributed by atoms with E-state index in [-0.39, 0.29) is 5.97 Å². The van der Waals surface area contributed by atoms with Crippen LogP contribution in [0.25, 0.3) is 10.9 Å². The van der Waals surface area contributed by atoms with Gasteiger partial charge in [-0.2, -0.15) is 0 Å². The number of fused-ring (bicyclic) bond motifs is 1. The molecule has 0 bridgehead atoms. The molecule has 0 atom stereocenters. The van der Waals surface area contributed by atoms with Crippen LogP contribution in [0.15, 0.2) is 24.4 Å². The van der Waals surface area contributed by atoms with Gasteiger partial charge < -0.3 is 14.0 Å². The summed E-state index contributed by atoms with van der Waals surface area (Å²) in [5, 5.41) is 0.909. The van der Waals surface area contributed by atoms with Crippen molar-refractivity contribution in [2.45, 2.75) is 32.4 Å². The van der Waals surface area contributed by atoms with Crippen molar-refractivity contribution in [1.82, 2.24) is 4.57 Å². The van der Waals surface area contributed by atoms with Crippen molar-refractivity contribution in [2.75, 3.05) is 13.7 Å². The zero-order valence-corrected chi connectivity index (χ0v) is 15.1. The molecule has 0 amide bonds. The van der Waals surface area contributed by atoms with Gasteiger partial charge >= 0.3 is 5.97 Å². The Morgan fingerprint density at radius 3 is 2.68 bits per heavy atom. The number of carbonyl (C=O) groups is 1.